The van der Waals surface area contributed by atoms with Gasteiger partial charge in [-0.15, -0.1) is 0 Å². The number of benzene rings is 4. The van der Waals surface area contributed by atoms with E-state index >= 15 is 0 Å². The van der Waals surface area contributed by atoms with Crippen molar-refractivity contribution < 1.29 is 19.4 Å². The van der Waals surface area contributed by atoms with Crippen LogP contribution in [0.4, 0.5) is 5.69 Å². The highest BCUT2D eigenvalue weighted by atomic mass is 16.5. The number of carboxylic acid groups (broad SMARTS) is 1. The van der Waals surface area contributed by atoms with Gasteiger partial charge in [0.05, 0.1) is 23.8 Å². The van der Waals surface area contributed by atoms with Crippen LogP contribution in [0.3, 0.4) is 0 Å². The molecule has 0 saturated heterocycles. The predicted octanol–water partition coefficient (Wildman–Crippen LogP) is 6.33. The van der Waals surface area contributed by atoms with Crippen LogP contribution in [0, 0.1) is 0 Å². The molecule has 4 aromatic rings. The van der Waals surface area contributed by atoms with Gasteiger partial charge in [-0.2, -0.15) is 0 Å². The summed E-state index contributed by atoms with van der Waals surface area (Å²) in [6.45, 7) is 4.00. The average Bonchev–Trinajstić information content (AvgIpc) is 2.96. The zero-order valence-corrected chi connectivity index (χ0v) is 21.3. The minimum Gasteiger partial charge on any atom is -0.490 e. The van der Waals surface area contributed by atoms with Gasteiger partial charge < -0.3 is 20.1 Å². The van der Waals surface area contributed by atoms with Crippen LogP contribution in [-0.4, -0.2) is 30.1 Å². The van der Waals surface area contributed by atoms with E-state index in [0.29, 0.717) is 30.0 Å². The first-order valence-electron chi connectivity index (χ1n) is 12.8. The van der Waals surface area contributed by atoms with E-state index in [2.05, 4.69) is 17.1 Å². The van der Waals surface area contributed by atoms with Crippen molar-refractivity contribution in [3.63, 3.8) is 0 Å². The van der Waals surface area contributed by atoms with Crippen molar-refractivity contribution in [2.45, 2.75) is 25.9 Å². The summed E-state index contributed by atoms with van der Waals surface area (Å²) in [7, 11) is 0. The first-order valence-corrected chi connectivity index (χ1v) is 12.8. The maximum absolute atomic E-state index is 13.0. The van der Waals surface area contributed by atoms with Crippen LogP contribution >= 0.6 is 0 Å². The molecule has 38 heavy (non-hydrogen) atoms. The lowest BCUT2D eigenvalue weighted by atomic mass is 9.98. The lowest BCUT2D eigenvalue weighted by Crippen LogP contribution is -2.33. The minimum absolute atomic E-state index is 0.0532. The fourth-order valence-corrected chi connectivity index (χ4v) is 4.86. The Labute approximate surface area is 222 Å². The second-order valence-corrected chi connectivity index (χ2v) is 9.35. The molecule has 4 aromatic carbocycles. The molecule has 6 heteroatoms. The summed E-state index contributed by atoms with van der Waals surface area (Å²) >= 11 is 0. The van der Waals surface area contributed by atoms with Crippen molar-refractivity contribution in [1.29, 1.82) is 0 Å². The number of carbonyl (C=O) groups is 2. The first kappa shape index (κ1) is 25.1. The van der Waals surface area contributed by atoms with E-state index in [4.69, 9.17) is 4.74 Å². The summed E-state index contributed by atoms with van der Waals surface area (Å²) in [5.41, 5.74) is 5.56. The summed E-state index contributed by atoms with van der Waals surface area (Å²) in [4.78, 5) is 26.9. The Morgan fingerprint density at radius 1 is 0.947 bits per heavy atom. The van der Waals surface area contributed by atoms with Gasteiger partial charge in [0.25, 0.3) is 5.91 Å². The Bertz CT molecular complexity index is 1430. The summed E-state index contributed by atoms with van der Waals surface area (Å²) in [5.74, 6) is -0.363. The molecule has 192 valence electrons. The van der Waals surface area contributed by atoms with Gasteiger partial charge in [0.2, 0.25) is 0 Å². The quantitative estimate of drug-likeness (QED) is 0.292. The van der Waals surface area contributed by atoms with Crippen LogP contribution in [0.25, 0.3) is 11.1 Å². The van der Waals surface area contributed by atoms with E-state index in [1.807, 2.05) is 84.9 Å². The zero-order chi connectivity index (χ0) is 26.5. The van der Waals surface area contributed by atoms with Crippen LogP contribution in [0.1, 0.15) is 51.2 Å². The molecule has 6 nitrogen and oxygen atoms in total. The summed E-state index contributed by atoms with van der Waals surface area (Å²) < 4.78 is 5.93. The van der Waals surface area contributed by atoms with Gasteiger partial charge in [0, 0.05) is 12.1 Å². The molecule has 1 aliphatic rings. The van der Waals surface area contributed by atoms with Gasteiger partial charge in [0.15, 0.2) is 0 Å². The highest BCUT2D eigenvalue weighted by Crippen LogP contribution is 2.34. The fourth-order valence-electron chi connectivity index (χ4n) is 4.86. The van der Waals surface area contributed by atoms with Crippen molar-refractivity contribution in [2.75, 3.05) is 18.1 Å². The van der Waals surface area contributed by atoms with Crippen LogP contribution in [0.2, 0.25) is 0 Å². The number of fused-ring (bicyclic) bond motifs is 1. The molecule has 1 heterocycles. The largest absolute Gasteiger partial charge is 0.490 e. The average molecular weight is 507 g/mol. The molecule has 1 aliphatic heterocycles. The zero-order valence-electron chi connectivity index (χ0n) is 21.3. The minimum atomic E-state index is -0.937. The third-order valence-corrected chi connectivity index (χ3v) is 6.89. The highest BCUT2D eigenvalue weighted by molar-refractivity contribution is 5.96. The third-order valence-electron chi connectivity index (χ3n) is 6.89. The SMILES string of the molecule is CC[C@H](NC(=O)c1ccc2c(c1)OCCN2Cc1ccc(-c2ccccc2C(=O)O)cc1)c1ccccc1. The number of ether oxygens (including phenoxy) is 1. The van der Waals surface area contributed by atoms with Gasteiger partial charge in [-0.1, -0.05) is 79.7 Å². The maximum Gasteiger partial charge on any atom is 0.336 e. The van der Waals surface area contributed by atoms with Crippen molar-refractivity contribution in [3.8, 4) is 16.9 Å². The lowest BCUT2D eigenvalue weighted by molar-refractivity contribution is 0.0697. The van der Waals surface area contributed by atoms with Crippen molar-refractivity contribution in [2.24, 2.45) is 0 Å². The van der Waals surface area contributed by atoms with E-state index in [0.717, 1.165) is 35.3 Å². The molecule has 0 saturated carbocycles. The van der Waals surface area contributed by atoms with E-state index in [9.17, 15) is 14.7 Å². The number of nitrogens with zero attached hydrogens (tertiary/aromatic N) is 1. The summed E-state index contributed by atoms with van der Waals surface area (Å²) in [6.07, 6.45) is 0.797. The molecular weight excluding hydrogens is 476 g/mol. The Kier molecular flexibility index (Phi) is 7.40. The Hall–Kier alpha value is -4.58. The highest BCUT2D eigenvalue weighted by Gasteiger charge is 2.21. The standard InChI is InChI=1S/C32H30N2O4/c1-2-28(24-8-4-3-5-9-24)33-31(35)25-16-17-29-30(20-25)38-19-18-34(29)21-22-12-14-23(15-13-22)26-10-6-7-11-27(26)32(36)37/h3-17,20,28H,2,18-19,21H2,1H3,(H,33,35)(H,36,37)/t28-/m0/s1. The maximum atomic E-state index is 13.0. The molecule has 1 amide bonds. The fraction of sp³-hybridized carbons (Fsp3) is 0.188. The molecule has 0 aliphatic carbocycles. The van der Waals surface area contributed by atoms with E-state index in [1.165, 1.54) is 0 Å². The smallest absolute Gasteiger partial charge is 0.336 e. The van der Waals surface area contributed by atoms with E-state index in [1.54, 1.807) is 12.1 Å². The van der Waals surface area contributed by atoms with Crippen LogP contribution in [0.5, 0.6) is 5.75 Å². The Balaban J connectivity index is 1.30. The molecule has 2 N–H and O–H groups in total. The molecule has 0 spiro atoms. The number of rotatable bonds is 8. The third kappa shape index (κ3) is 5.39. The number of aromatic carboxylic acids is 1. The number of anilines is 1. The second kappa shape index (κ2) is 11.2. The van der Waals surface area contributed by atoms with Crippen LogP contribution in [-0.2, 0) is 6.54 Å². The van der Waals surface area contributed by atoms with Crippen LogP contribution in [0.15, 0.2) is 97.1 Å². The van der Waals surface area contributed by atoms with Gasteiger partial charge in [-0.3, -0.25) is 4.79 Å². The Morgan fingerprint density at radius 3 is 2.42 bits per heavy atom. The van der Waals surface area contributed by atoms with Crippen LogP contribution < -0.4 is 15.0 Å². The van der Waals surface area contributed by atoms with Gasteiger partial charge >= 0.3 is 5.97 Å². The normalized spacial score (nSPS) is 13.2. The van der Waals surface area contributed by atoms with Crippen molar-refractivity contribution >= 4 is 17.6 Å². The number of hydrogen-bond acceptors (Lipinski definition) is 4. The molecule has 5 rings (SSSR count). The summed E-state index contributed by atoms with van der Waals surface area (Å²) in [6, 6.07) is 30.5. The van der Waals surface area contributed by atoms with Gasteiger partial charge in [-0.25, -0.2) is 4.79 Å². The predicted molar refractivity (Wildman–Crippen MR) is 149 cm³/mol. The number of carbonyl (C=O) groups excluding carboxylic acids is 1. The first-order chi connectivity index (χ1) is 18.5. The second-order valence-electron chi connectivity index (χ2n) is 9.35. The molecule has 0 unspecified atom stereocenters. The molecule has 0 radical (unpaired) electrons. The van der Waals surface area contributed by atoms with E-state index in [-0.39, 0.29) is 17.5 Å². The van der Waals surface area contributed by atoms with Crippen molar-refractivity contribution in [3.05, 3.63) is 119 Å². The van der Waals surface area contributed by atoms with E-state index < -0.39 is 5.97 Å². The number of carboxylic acids is 1. The molecular formula is C32H30N2O4. The van der Waals surface area contributed by atoms with Gasteiger partial charge in [0.1, 0.15) is 12.4 Å². The number of nitrogens with one attached hydrogen (secondary N) is 1. The van der Waals surface area contributed by atoms with Gasteiger partial charge in [-0.05, 0) is 52.9 Å². The topological polar surface area (TPSA) is 78.9 Å². The number of amides is 1. The Morgan fingerprint density at radius 2 is 1.68 bits per heavy atom. The monoisotopic (exact) mass is 506 g/mol. The van der Waals surface area contributed by atoms with Crippen molar-refractivity contribution in [1.82, 2.24) is 5.32 Å². The molecule has 0 aromatic heterocycles. The molecule has 0 bridgehead atoms. The molecule has 1 atom stereocenters. The lowest BCUT2D eigenvalue weighted by Gasteiger charge is -2.31. The molecule has 0 fully saturated rings. The number of hydrogen-bond donors (Lipinski definition) is 2. The summed E-state index contributed by atoms with van der Waals surface area (Å²) in [5, 5.41) is 12.7.